The summed E-state index contributed by atoms with van der Waals surface area (Å²) in [5.74, 6) is -0.391. The fourth-order valence-corrected chi connectivity index (χ4v) is 4.81. The Hall–Kier alpha value is -3.03. The first-order valence-corrected chi connectivity index (χ1v) is 11.2. The molecule has 0 saturated carbocycles. The Morgan fingerprint density at radius 1 is 1.18 bits per heavy atom. The molecule has 0 atom stereocenters. The molecule has 5 nitrogen and oxygen atoms in total. The van der Waals surface area contributed by atoms with Gasteiger partial charge in [-0.15, -0.1) is 12.6 Å². The van der Waals surface area contributed by atoms with Crippen LogP contribution >= 0.6 is 24.2 Å². The molecule has 1 heterocycles. The fraction of sp³-hybridized carbons (Fsp3) is 0.200. The minimum absolute atomic E-state index is 0.126. The topological polar surface area (TPSA) is 56.6 Å². The molecule has 1 N–H and O–H groups in total. The minimum atomic E-state index is -0.737. The normalized spacial score (nSPS) is 18.4. The van der Waals surface area contributed by atoms with Crippen molar-refractivity contribution >= 4 is 52.2 Å². The predicted molar refractivity (Wildman–Crippen MR) is 135 cm³/mol. The average molecular weight is 484 g/mol. The number of allylic oxidation sites excluding steroid dienone is 5. The van der Waals surface area contributed by atoms with Gasteiger partial charge >= 0.3 is 0 Å². The van der Waals surface area contributed by atoms with Crippen LogP contribution in [0.4, 0.5) is 4.39 Å². The van der Waals surface area contributed by atoms with Crippen LogP contribution in [-0.2, 0) is 4.79 Å². The number of hydrogen-bond acceptors (Lipinski definition) is 5. The van der Waals surface area contributed by atoms with Crippen molar-refractivity contribution in [1.82, 2.24) is 9.80 Å². The lowest BCUT2D eigenvalue weighted by Crippen LogP contribution is -2.47. The van der Waals surface area contributed by atoms with Crippen LogP contribution < -0.4 is 4.74 Å². The largest absolute Gasteiger partial charge is 0.496 e. The van der Waals surface area contributed by atoms with E-state index < -0.39 is 5.83 Å². The lowest BCUT2D eigenvalue weighted by molar-refractivity contribution is -0.127. The number of halogens is 2. The SMILES string of the molecule is C=CC(=O)N1CCN(/C(S)=C2\C=C(Cl)C(c3c(OC)ccc4ccccc34)=C(F)C2=N)CC1. The van der Waals surface area contributed by atoms with E-state index in [1.807, 2.05) is 35.2 Å². The molecule has 0 spiro atoms. The van der Waals surface area contributed by atoms with Gasteiger partial charge in [0.1, 0.15) is 11.5 Å². The molecular weight excluding hydrogens is 461 g/mol. The second-order valence-electron chi connectivity index (χ2n) is 7.67. The van der Waals surface area contributed by atoms with E-state index in [0.29, 0.717) is 48.1 Å². The molecule has 4 rings (SSSR count). The van der Waals surface area contributed by atoms with Gasteiger partial charge in [0.25, 0.3) is 0 Å². The summed E-state index contributed by atoms with van der Waals surface area (Å²) in [5.41, 5.74) is 0.642. The van der Waals surface area contributed by atoms with Gasteiger partial charge in [-0.05, 0) is 29.0 Å². The Bertz CT molecular complexity index is 1260. The monoisotopic (exact) mass is 483 g/mol. The second kappa shape index (κ2) is 9.45. The van der Waals surface area contributed by atoms with Gasteiger partial charge < -0.3 is 14.5 Å². The van der Waals surface area contributed by atoms with Crippen molar-refractivity contribution in [3.05, 3.63) is 82.2 Å². The molecule has 2 aromatic carbocycles. The standard InChI is InChI=1S/C25H23ClFN3O2S/c1-3-20(31)29-10-12-30(13-11-29)25(33)17-14-18(26)22(23(27)24(17)28)21-16-7-5-4-6-15(16)8-9-19(21)32-2/h3-9,14,28,33H,1,10-13H2,2H3/b25-17-,28-24?. The molecule has 1 aliphatic carbocycles. The van der Waals surface area contributed by atoms with Crippen LogP contribution in [0.15, 0.2) is 76.6 Å². The number of methoxy groups -OCH3 is 1. The molecule has 0 radical (unpaired) electrons. The first-order chi connectivity index (χ1) is 15.9. The highest BCUT2D eigenvalue weighted by molar-refractivity contribution is 7.84. The van der Waals surface area contributed by atoms with E-state index in [2.05, 4.69) is 19.2 Å². The molecule has 8 heteroatoms. The molecule has 1 amide bonds. The summed E-state index contributed by atoms with van der Waals surface area (Å²) in [5, 5.41) is 10.9. The number of ether oxygens (including phenoxy) is 1. The third-order valence-electron chi connectivity index (χ3n) is 5.89. The zero-order valence-corrected chi connectivity index (χ0v) is 19.7. The molecule has 1 saturated heterocycles. The maximum absolute atomic E-state index is 15.7. The molecule has 33 heavy (non-hydrogen) atoms. The van der Waals surface area contributed by atoms with Gasteiger partial charge in [0.05, 0.1) is 17.2 Å². The van der Waals surface area contributed by atoms with E-state index in [9.17, 15) is 4.79 Å². The molecular formula is C25H23ClFN3O2S. The van der Waals surface area contributed by atoms with E-state index in [4.69, 9.17) is 21.7 Å². The number of piperazine rings is 1. The minimum Gasteiger partial charge on any atom is -0.496 e. The fourth-order valence-electron chi connectivity index (χ4n) is 4.14. The zero-order valence-electron chi connectivity index (χ0n) is 18.1. The lowest BCUT2D eigenvalue weighted by Gasteiger charge is -2.36. The van der Waals surface area contributed by atoms with Gasteiger partial charge in [-0.3, -0.25) is 10.2 Å². The highest BCUT2D eigenvalue weighted by Crippen LogP contribution is 2.44. The van der Waals surface area contributed by atoms with E-state index in [0.717, 1.165) is 10.8 Å². The van der Waals surface area contributed by atoms with E-state index >= 15 is 4.39 Å². The summed E-state index contributed by atoms with van der Waals surface area (Å²) in [7, 11) is 1.52. The van der Waals surface area contributed by atoms with Gasteiger partial charge in [0, 0.05) is 42.9 Å². The summed E-state index contributed by atoms with van der Waals surface area (Å²) >= 11 is 11.2. The smallest absolute Gasteiger partial charge is 0.246 e. The van der Waals surface area contributed by atoms with Gasteiger partial charge in [0.2, 0.25) is 5.91 Å². The summed E-state index contributed by atoms with van der Waals surface area (Å²) < 4.78 is 21.3. The summed E-state index contributed by atoms with van der Waals surface area (Å²) in [6.07, 6.45) is 2.87. The van der Waals surface area contributed by atoms with Crippen molar-refractivity contribution in [2.24, 2.45) is 0 Å². The van der Waals surface area contributed by atoms with E-state index in [1.165, 1.54) is 13.2 Å². The van der Waals surface area contributed by atoms with Crippen molar-refractivity contribution in [2.75, 3.05) is 33.3 Å². The number of carbonyl (C=O) groups excluding carboxylic acids is 1. The van der Waals surface area contributed by atoms with Crippen molar-refractivity contribution in [3.8, 4) is 5.75 Å². The highest BCUT2D eigenvalue weighted by atomic mass is 35.5. The third-order valence-corrected chi connectivity index (χ3v) is 6.71. The van der Waals surface area contributed by atoms with Crippen molar-refractivity contribution < 1.29 is 13.9 Å². The summed E-state index contributed by atoms with van der Waals surface area (Å²) in [6.45, 7) is 5.52. The number of rotatable bonds is 4. The van der Waals surface area contributed by atoms with Crippen LogP contribution in [0.25, 0.3) is 16.3 Å². The summed E-state index contributed by atoms with van der Waals surface area (Å²) in [6, 6.07) is 11.2. The Morgan fingerprint density at radius 2 is 1.85 bits per heavy atom. The average Bonchev–Trinajstić information content (AvgIpc) is 2.85. The molecule has 2 aliphatic rings. The number of nitrogens with one attached hydrogen (secondary N) is 1. The Labute approximate surface area is 202 Å². The predicted octanol–water partition coefficient (Wildman–Crippen LogP) is 5.16. The molecule has 1 aliphatic heterocycles. The lowest BCUT2D eigenvalue weighted by atomic mass is 9.90. The summed E-state index contributed by atoms with van der Waals surface area (Å²) in [4.78, 5) is 15.4. The molecule has 2 aromatic rings. The van der Waals surface area contributed by atoms with Gasteiger partial charge in [-0.25, -0.2) is 4.39 Å². The van der Waals surface area contributed by atoms with Crippen molar-refractivity contribution in [2.45, 2.75) is 0 Å². The number of hydrogen-bond donors (Lipinski definition) is 2. The third kappa shape index (κ3) is 4.18. The first kappa shape index (κ1) is 23.1. The Balaban J connectivity index is 1.73. The van der Waals surface area contributed by atoms with E-state index in [1.54, 1.807) is 17.0 Å². The number of benzene rings is 2. The van der Waals surface area contributed by atoms with Crippen molar-refractivity contribution in [1.29, 1.82) is 5.41 Å². The van der Waals surface area contributed by atoms with Crippen LogP contribution in [0, 0.1) is 5.41 Å². The number of amides is 1. The first-order valence-electron chi connectivity index (χ1n) is 10.4. The second-order valence-corrected chi connectivity index (χ2v) is 8.50. The van der Waals surface area contributed by atoms with Gasteiger partial charge in [-0.2, -0.15) is 0 Å². The number of thiol groups is 1. The van der Waals surface area contributed by atoms with Gasteiger partial charge in [0.15, 0.2) is 5.83 Å². The highest BCUT2D eigenvalue weighted by Gasteiger charge is 2.30. The number of carbonyl (C=O) groups is 1. The number of nitrogens with zero attached hydrogens (tertiary/aromatic N) is 2. The van der Waals surface area contributed by atoms with E-state index in [-0.39, 0.29) is 22.2 Å². The van der Waals surface area contributed by atoms with Crippen LogP contribution in [0.3, 0.4) is 0 Å². The van der Waals surface area contributed by atoms with Gasteiger partial charge in [-0.1, -0.05) is 48.5 Å². The Kier molecular flexibility index (Phi) is 6.63. The molecule has 0 unspecified atom stereocenters. The zero-order chi connectivity index (χ0) is 23.7. The maximum Gasteiger partial charge on any atom is 0.246 e. The van der Waals surface area contributed by atoms with Crippen molar-refractivity contribution in [3.63, 3.8) is 0 Å². The maximum atomic E-state index is 15.7. The molecule has 0 aromatic heterocycles. The Morgan fingerprint density at radius 3 is 2.52 bits per heavy atom. The van der Waals surface area contributed by atoms with Crippen LogP contribution in [0.2, 0.25) is 0 Å². The molecule has 1 fully saturated rings. The number of fused-ring (bicyclic) bond motifs is 1. The molecule has 0 bridgehead atoms. The van der Waals surface area contributed by atoms with Crippen LogP contribution in [-0.4, -0.2) is 54.7 Å². The quantitative estimate of drug-likeness (QED) is 0.466. The molecule has 170 valence electrons. The van der Waals surface area contributed by atoms with Crippen LogP contribution in [0.5, 0.6) is 5.75 Å². The van der Waals surface area contributed by atoms with Crippen LogP contribution in [0.1, 0.15) is 5.56 Å².